The van der Waals surface area contributed by atoms with E-state index in [-0.39, 0.29) is 0 Å². The molecule has 0 aliphatic rings. The number of halogens is 4. The zero-order valence-corrected chi connectivity index (χ0v) is 12.1. The van der Waals surface area contributed by atoms with Crippen molar-refractivity contribution < 1.29 is 13.2 Å². The number of nitrogens with zero attached hydrogens (tertiary/aromatic N) is 2. The molecule has 2 aromatic rings. The van der Waals surface area contributed by atoms with Crippen molar-refractivity contribution >= 4 is 11.6 Å². The van der Waals surface area contributed by atoms with Crippen LogP contribution in [0.2, 0.25) is 5.02 Å². The van der Waals surface area contributed by atoms with Crippen LogP contribution in [0.1, 0.15) is 30.5 Å². The number of alkyl halides is 3. The number of nitrogens with two attached hydrogens (primary N) is 1. The molecule has 2 rings (SSSR count). The van der Waals surface area contributed by atoms with Crippen LogP contribution in [0.5, 0.6) is 0 Å². The highest BCUT2D eigenvalue weighted by Gasteiger charge is 2.34. The summed E-state index contributed by atoms with van der Waals surface area (Å²) in [6.07, 6.45) is -2.09. The third-order valence-electron chi connectivity index (χ3n) is 3.31. The monoisotopic (exact) mass is 317 g/mol. The van der Waals surface area contributed by atoms with Crippen molar-refractivity contribution in [3.63, 3.8) is 0 Å². The van der Waals surface area contributed by atoms with Gasteiger partial charge in [-0.2, -0.15) is 18.3 Å². The van der Waals surface area contributed by atoms with E-state index >= 15 is 0 Å². The van der Waals surface area contributed by atoms with Crippen LogP contribution < -0.4 is 5.73 Å². The largest absolute Gasteiger partial charge is 0.419 e. The van der Waals surface area contributed by atoms with Crippen LogP contribution in [0.4, 0.5) is 13.2 Å². The second-order valence-corrected chi connectivity index (χ2v) is 5.15. The van der Waals surface area contributed by atoms with E-state index in [0.717, 1.165) is 12.4 Å². The molecule has 0 spiro atoms. The molecule has 114 valence electrons. The first-order valence-electron chi connectivity index (χ1n) is 6.46. The fourth-order valence-electron chi connectivity index (χ4n) is 2.14. The maximum absolute atomic E-state index is 12.7. The van der Waals surface area contributed by atoms with Gasteiger partial charge >= 0.3 is 6.18 Å². The van der Waals surface area contributed by atoms with Crippen molar-refractivity contribution in [3.05, 3.63) is 52.8 Å². The fraction of sp³-hybridized carbons (Fsp3) is 0.357. The van der Waals surface area contributed by atoms with Gasteiger partial charge in [0.15, 0.2) is 0 Å². The maximum Gasteiger partial charge on any atom is 0.419 e. The lowest BCUT2D eigenvalue weighted by molar-refractivity contribution is -0.137. The highest BCUT2D eigenvalue weighted by Crippen LogP contribution is 2.32. The van der Waals surface area contributed by atoms with E-state index in [0.29, 0.717) is 17.0 Å². The Labute approximate surface area is 125 Å². The predicted octanol–water partition coefficient (Wildman–Crippen LogP) is 3.88. The van der Waals surface area contributed by atoms with Gasteiger partial charge < -0.3 is 5.73 Å². The Hall–Kier alpha value is -1.53. The zero-order chi connectivity index (χ0) is 15.6. The maximum atomic E-state index is 12.7. The minimum Gasteiger partial charge on any atom is -0.326 e. The predicted molar refractivity (Wildman–Crippen MR) is 75.1 cm³/mol. The lowest BCUT2D eigenvalue weighted by atomic mass is 9.98. The highest BCUT2D eigenvalue weighted by molar-refractivity contribution is 6.31. The highest BCUT2D eigenvalue weighted by atomic mass is 35.5. The van der Waals surface area contributed by atoms with Gasteiger partial charge in [-0.3, -0.25) is 4.68 Å². The van der Waals surface area contributed by atoms with Gasteiger partial charge in [-0.25, -0.2) is 0 Å². The molecule has 0 radical (unpaired) electrons. The van der Waals surface area contributed by atoms with Crippen LogP contribution >= 0.6 is 11.6 Å². The van der Waals surface area contributed by atoms with Gasteiger partial charge in [0.1, 0.15) is 0 Å². The van der Waals surface area contributed by atoms with Crippen LogP contribution in [-0.4, -0.2) is 15.8 Å². The zero-order valence-electron chi connectivity index (χ0n) is 11.3. The van der Waals surface area contributed by atoms with E-state index in [9.17, 15) is 13.2 Å². The Morgan fingerprint density at radius 1 is 1.33 bits per heavy atom. The first kappa shape index (κ1) is 15.9. The van der Waals surface area contributed by atoms with Gasteiger partial charge in [0.2, 0.25) is 0 Å². The lowest BCUT2D eigenvalue weighted by Crippen LogP contribution is -2.33. The summed E-state index contributed by atoms with van der Waals surface area (Å²) in [5.41, 5.74) is 5.92. The van der Waals surface area contributed by atoms with Crippen LogP contribution in [-0.2, 0) is 6.18 Å². The molecule has 7 heteroatoms. The van der Waals surface area contributed by atoms with E-state index in [1.165, 1.54) is 4.68 Å². The van der Waals surface area contributed by atoms with Gasteiger partial charge in [0.25, 0.3) is 0 Å². The SMILES string of the molecule is CCC(N)C(c1ccccc1Cl)n1cc(C(F)(F)F)cn1. The number of rotatable bonds is 4. The molecular weight excluding hydrogens is 303 g/mol. The van der Waals surface area contributed by atoms with E-state index in [1.807, 2.05) is 6.92 Å². The summed E-state index contributed by atoms with van der Waals surface area (Å²) in [6, 6.07) is 6.01. The van der Waals surface area contributed by atoms with E-state index in [1.54, 1.807) is 24.3 Å². The molecule has 0 saturated carbocycles. The number of hydrogen-bond donors (Lipinski definition) is 1. The summed E-state index contributed by atoms with van der Waals surface area (Å²) in [7, 11) is 0. The average molecular weight is 318 g/mol. The van der Waals surface area contributed by atoms with E-state index in [2.05, 4.69) is 5.10 Å². The quantitative estimate of drug-likeness (QED) is 0.930. The molecule has 0 aliphatic carbocycles. The summed E-state index contributed by atoms with van der Waals surface area (Å²) in [4.78, 5) is 0. The van der Waals surface area contributed by atoms with Crippen molar-refractivity contribution in [3.8, 4) is 0 Å². The minimum atomic E-state index is -4.43. The summed E-state index contributed by atoms with van der Waals surface area (Å²) >= 11 is 6.15. The minimum absolute atomic E-state index is 0.397. The standard InChI is InChI=1S/C14H15ClF3N3/c1-2-12(19)13(10-5-3-4-6-11(10)15)21-8-9(7-20-21)14(16,17)18/h3-8,12-13H,2,19H2,1H3. The number of benzene rings is 1. The molecule has 0 bridgehead atoms. The molecule has 0 fully saturated rings. The van der Waals surface area contributed by atoms with Crippen LogP contribution in [0, 0.1) is 0 Å². The molecule has 1 heterocycles. The summed E-state index contributed by atoms with van der Waals surface area (Å²) in [5, 5.41) is 4.28. The van der Waals surface area contributed by atoms with Crippen LogP contribution in [0.3, 0.4) is 0 Å². The Bertz CT molecular complexity index is 610. The van der Waals surface area contributed by atoms with Gasteiger partial charge in [-0.05, 0) is 18.1 Å². The molecule has 0 aliphatic heterocycles. The number of aromatic nitrogens is 2. The molecule has 2 unspecified atom stereocenters. The Morgan fingerprint density at radius 2 is 2.00 bits per heavy atom. The second kappa shape index (κ2) is 6.07. The summed E-state index contributed by atoms with van der Waals surface area (Å²) < 4.78 is 39.4. The fourth-order valence-corrected chi connectivity index (χ4v) is 2.39. The Morgan fingerprint density at radius 3 is 2.52 bits per heavy atom. The number of hydrogen-bond acceptors (Lipinski definition) is 2. The second-order valence-electron chi connectivity index (χ2n) is 4.75. The normalized spacial score (nSPS) is 15.0. The lowest BCUT2D eigenvalue weighted by Gasteiger charge is -2.24. The molecule has 0 saturated heterocycles. The molecule has 21 heavy (non-hydrogen) atoms. The van der Waals surface area contributed by atoms with Gasteiger partial charge in [0.05, 0.1) is 17.8 Å². The van der Waals surface area contributed by atoms with Crippen molar-refractivity contribution in [2.75, 3.05) is 0 Å². The first-order chi connectivity index (χ1) is 9.84. The first-order valence-corrected chi connectivity index (χ1v) is 6.83. The third kappa shape index (κ3) is 3.39. The van der Waals surface area contributed by atoms with Crippen molar-refractivity contribution in [1.29, 1.82) is 0 Å². The molecule has 2 N–H and O–H groups in total. The topological polar surface area (TPSA) is 43.8 Å². The molecule has 0 amide bonds. The van der Waals surface area contributed by atoms with Crippen LogP contribution in [0.15, 0.2) is 36.7 Å². The molecule has 1 aromatic carbocycles. The Balaban J connectivity index is 2.47. The molecule has 2 atom stereocenters. The molecule has 3 nitrogen and oxygen atoms in total. The van der Waals surface area contributed by atoms with Crippen molar-refractivity contribution in [1.82, 2.24) is 9.78 Å². The molecule has 1 aromatic heterocycles. The van der Waals surface area contributed by atoms with Gasteiger partial charge in [0, 0.05) is 17.3 Å². The summed E-state index contributed by atoms with van der Waals surface area (Å²) in [6.45, 7) is 1.86. The van der Waals surface area contributed by atoms with Crippen molar-refractivity contribution in [2.45, 2.75) is 31.6 Å². The van der Waals surface area contributed by atoms with Gasteiger partial charge in [-0.15, -0.1) is 0 Å². The Kier molecular flexibility index (Phi) is 4.58. The van der Waals surface area contributed by atoms with E-state index in [4.69, 9.17) is 17.3 Å². The van der Waals surface area contributed by atoms with Crippen molar-refractivity contribution in [2.24, 2.45) is 5.73 Å². The van der Waals surface area contributed by atoms with Crippen LogP contribution in [0.25, 0.3) is 0 Å². The smallest absolute Gasteiger partial charge is 0.326 e. The van der Waals surface area contributed by atoms with Gasteiger partial charge in [-0.1, -0.05) is 36.7 Å². The van der Waals surface area contributed by atoms with E-state index < -0.39 is 23.8 Å². The summed E-state index contributed by atoms with van der Waals surface area (Å²) in [5.74, 6) is 0. The third-order valence-corrected chi connectivity index (χ3v) is 3.66. The average Bonchev–Trinajstić information content (AvgIpc) is 2.90. The molecular formula is C14H15ClF3N3.